The predicted molar refractivity (Wildman–Crippen MR) is 104 cm³/mol. The van der Waals surface area contributed by atoms with Gasteiger partial charge in [0.05, 0.1) is 18.8 Å². The second-order valence-electron chi connectivity index (χ2n) is 6.85. The summed E-state index contributed by atoms with van der Waals surface area (Å²) in [5, 5.41) is 0.687. The second kappa shape index (κ2) is 6.95. The molecule has 1 unspecified atom stereocenters. The van der Waals surface area contributed by atoms with Gasteiger partial charge in [-0.15, -0.1) is 0 Å². The van der Waals surface area contributed by atoms with Crippen molar-refractivity contribution in [2.75, 3.05) is 31.6 Å². The molecule has 0 saturated carbocycles. The maximum Gasteiger partial charge on any atom is 0.270 e. The molecule has 1 atom stereocenters. The van der Waals surface area contributed by atoms with E-state index in [0.29, 0.717) is 17.6 Å². The number of amides is 1. The topological polar surface area (TPSA) is 48.6 Å². The number of para-hydroxylation sites is 2. The van der Waals surface area contributed by atoms with Crippen LogP contribution in [-0.2, 0) is 0 Å². The number of ether oxygens (including phenoxy) is 1. The zero-order chi connectivity index (χ0) is 19.0. The third-order valence-electron chi connectivity index (χ3n) is 4.94. The first-order chi connectivity index (χ1) is 13.0. The molecule has 1 aromatic heterocycles. The van der Waals surface area contributed by atoms with Crippen molar-refractivity contribution in [3.8, 4) is 5.75 Å². The summed E-state index contributed by atoms with van der Waals surface area (Å²) in [7, 11) is 1.76. The van der Waals surface area contributed by atoms with Gasteiger partial charge in [0.1, 0.15) is 23.4 Å². The average molecular weight is 367 g/mol. The molecule has 2 aromatic carbocycles. The molecule has 0 spiro atoms. The van der Waals surface area contributed by atoms with Crippen molar-refractivity contribution in [3.63, 3.8) is 0 Å². The lowest BCUT2D eigenvalue weighted by Crippen LogP contribution is -2.46. The summed E-state index contributed by atoms with van der Waals surface area (Å²) in [6, 6.07) is 14.1. The van der Waals surface area contributed by atoms with E-state index in [0.717, 1.165) is 30.0 Å². The van der Waals surface area contributed by atoms with E-state index in [1.165, 1.54) is 12.1 Å². The summed E-state index contributed by atoms with van der Waals surface area (Å²) >= 11 is 0. The Morgan fingerprint density at radius 3 is 2.93 bits per heavy atom. The Labute approximate surface area is 157 Å². The maximum absolute atomic E-state index is 13.4. The molecule has 27 heavy (non-hydrogen) atoms. The van der Waals surface area contributed by atoms with Crippen molar-refractivity contribution in [1.82, 2.24) is 9.88 Å². The normalized spacial score (nSPS) is 16.1. The molecule has 0 radical (unpaired) electrons. The van der Waals surface area contributed by atoms with Crippen LogP contribution < -0.4 is 9.64 Å². The highest BCUT2D eigenvalue weighted by atomic mass is 19.1. The molecular weight excluding hydrogens is 345 g/mol. The van der Waals surface area contributed by atoms with Gasteiger partial charge in [-0.25, -0.2) is 4.39 Å². The number of carbonyl (C=O) groups excluding carboxylic acids is 1. The largest absolute Gasteiger partial charge is 0.485 e. The van der Waals surface area contributed by atoms with Crippen molar-refractivity contribution < 1.29 is 13.9 Å². The molecule has 4 rings (SSSR count). The number of likely N-dealkylation sites (N-methyl/N-ethyl adjacent to an activating group) is 2. The third-order valence-corrected chi connectivity index (χ3v) is 4.94. The number of benzene rings is 2. The van der Waals surface area contributed by atoms with Crippen molar-refractivity contribution in [2.45, 2.75) is 13.0 Å². The lowest BCUT2D eigenvalue weighted by atomic mass is 10.1. The number of hydrogen-bond acceptors (Lipinski definition) is 3. The van der Waals surface area contributed by atoms with Crippen molar-refractivity contribution in [3.05, 3.63) is 60.0 Å². The second-order valence-corrected chi connectivity index (χ2v) is 6.85. The molecule has 1 amide bonds. The maximum atomic E-state index is 13.4. The van der Waals surface area contributed by atoms with E-state index < -0.39 is 0 Å². The fraction of sp³-hybridized carbons (Fsp3) is 0.286. The Morgan fingerprint density at radius 2 is 2.11 bits per heavy atom. The first-order valence-corrected chi connectivity index (χ1v) is 9.09. The first-order valence-electron chi connectivity index (χ1n) is 9.09. The van der Waals surface area contributed by atoms with E-state index in [-0.39, 0.29) is 17.8 Å². The molecule has 6 heteroatoms. The fourth-order valence-corrected chi connectivity index (χ4v) is 3.59. The quantitative estimate of drug-likeness (QED) is 0.765. The molecule has 1 N–H and O–H groups in total. The van der Waals surface area contributed by atoms with Gasteiger partial charge in [0, 0.05) is 24.5 Å². The lowest BCUT2D eigenvalue weighted by Gasteiger charge is -2.37. The summed E-state index contributed by atoms with van der Waals surface area (Å²) in [5.41, 5.74) is 2.28. The van der Waals surface area contributed by atoms with E-state index in [2.05, 4.69) is 16.8 Å². The van der Waals surface area contributed by atoms with Gasteiger partial charge in [0.2, 0.25) is 0 Å². The number of fused-ring (bicyclic) bond motifs is 2. The summed E-state index contributed by atoms with van der Waals surface area (Å²) in [5.74, 6) is 0.387. The van der Waals surface area contributed by atoms with E-state index in [1.54, 1.807) is 24.1 Å². The van der Waals surface area contributed by atoms with Crippen LogP contribution in [0, 0.1) is 5.82 Å². The number of H-pyrrole nitrogens is 1. The molecule has 0 aliphatic carbocycles. The number of nitrogens with zero attached hydrogens (tertiary/aromatic N) is 2. The Hall–Kier alpha value is -3.02. The number of carbonyl (C=O) groups is 1. The van der Waals surface area contributed by atoms with Crippen LogP contribution in [0.15, 0.2) is 48.5 Å². The minimum absolute atomic E-state index is 0.115. The number of aromatic nitrogens is 1. The SMILES string of the molecule is CCN1CC(CN(C)C(=O)c2cc3cc(F)ccc3[nH]2)Oc2ccccc21. The number of hydrogen-bond donors (Lipinski definition) is 1. The van der Waals surface area contributed by atoms with Gasteiger partial charge >= 0.3 is 0 Å². The molecule has 5 nitrogen and oxygen atoms in total. The minimum Gasteiger partial charge on any atom is -0.485 e. The average Bonchev–Trinajstić information content (AvgIpc) is 3.09. The third kappa shape index (κ3) is 3.35. The fourth-order valence-electron chi connectivity index (χ4n) is 3.59. The summed E-state index contributed by atoms with van der Waals surface area (Å²) in [6.07, 6.45) is -0.115. The molecule has 3 aromatic rings. The van der Waals surface area contributed by atoms with E-state index in [9.17, 15) is 9.18 Å². The number of aromatic amines is 1. The Morgan fingerprint density at radius 1 is 1.30 bits per heavy atom. The van der Waals surface area contributed by atoms with Crippen LogP contribution in [0.2, 0.25) is 0 Å². The standard InChI is InChI=1S/C21H22FN3O2/c1-3-25-13-16(27-20-7-5-4-6-19(20)25)12-24(2)21(26)18-11-14-10-15(22)8-9-17(14)23-18/h4-11,16,23H,3,12-13H2,1-2H3. The molecule has 140 valence electrons. The minimum atomic E-state index is -0.317. The predicted octanol–water partition coefficient (Wildman–Crippen LogP) is 3.67. The van der Waals surface area contributed by atoms with Crippen LogP contribution in [0.4, 0.5) is 10.1 Å². The Balaban J connectivity index is 1.49. The number of halogens is 1. The van der Waals surface area contributed by atoms with E-state index in [4.69, 9.17) is 4.74 Å². The van der Waals surface area contributed by atoms with Gasteiger partial charge in [-0.3, -0.25) is 4.79 Å². The van der Waals surface area contributed by atoms with E-state index >= 15 is 0 Å². The number of anilines is 1. The summed E-state index contributed by atoms with van der Waals surface area (Å²) < 4.78 is 19.5. The van der Waals surface area contributed by atoms with E-state index in [1.807, 2.05) is 24.3 Å². The lowest BCUT2D eigenvalue weighted by molar-refractivity contribution is 0.0705. The highest BCUT2D eigenvalue weighted by Gasteiger charge is 2.27. The highest BCUT2D eigenvalue weighted by Crippen LogP contribution is 2.33. The number of rotatable bonds is 4. The summed E-state index contributed by atoms with van der Waals surface area (Å²) in [6.45, 7) is 4.18. The van der Waals surface area contributed by atoms with Gasteiger partial charge in [0.15, 0.2) is 0 Å². The van der Waals surface area contributed by atoms with Crippen LogP contribution in [0.1, 0.15) is 17.4 Å². The molecule has 0 bridgehead atoms. The number of nitrogens with one attached hydrogen (secondary N) is 1. The zero-order valence-electron chi connectivity index (χ0n) is 15.4. The molecule has 0 saturated heterocycles. The van der Waals surface area contributed by atoms with Gasteiger partial charge in [-0.05, 0) is 43.3 Å². The van der Waals surface area contributed by atoms with Gasteiger partial charge in [-0.1, -0.05) is 12.1 Å². The Kier molecular flexibility index (Phi) is 4.48. The van der Waals surface area contributed by atoms with Crippen molar-refractivity contribution in [1.29, 1.82) is 0 Å². The molecule has 0 fully saturated rings. The van der Waals surface area contributed by atoms with Crippen LogP contribution in [0.3, 0.4) is 0 Å². The molecule has 1 aliphatic heterocycles. The van der Waals surface area contributed by atoms with Crippen LogP contribution >= 0.6 is 0 Å². The van der Waals surface area contributed by atoms with Crippen LogP contribution in [-0.4, -0.2) is 48.6 Å². The van der Waals surface area contributed by atoms with Gasteiger partial charge in [-0.2, -0.15) is 0 Å². The zero-order valence-corrected chi connectivity index (χ0v) is 15.4. The first kappa shape index (κ1) is 17.4. The summed E-state index contributed by atoms with van der Waals surface area (Å²) in [4.78, 5) is 19.8. The van der Waals surface area contributed by atoms with Crippen molar-refractivity contribution in [2.24, 2.45) is 0 Å². The smallest absolute Gasteiger partial charge is 0.270 e. The monoisotopic (exact) mass is 367 g/mol. The highest BCUT2D eigenvalue weighted by molar-refractivity contribution is 5.97. The molecule has 1 aliphatic rings. The van der Waals surface area contributed by atoms with Crippen molar-refractivity contribution >= 4 is 22.5 Å². The van der Waals surface area contributed by atoms with Crippen LogP contribution in [0.5, 0.6) is 5.75 Å². The molecular formula is C21H22FN3O2. The van der Waals surface area contributed by atoms with Gasteiger partial charge in [0.25, 0.3) is 5.91 Å². The molecule has 2 heterocycles. The Bertz CT molecular complexity index is 984. The van der Waals surface area contributed by atoms with Crippen LogP contribution in [0.25, 0.3) is 10.9 Å². The van der Waals surface area contributed by atoms with Gasteiger partial charge < -0.3 is 19.5 Å².